The van der Waals surface area contributed by atoms with Crippen molar-refractivity contribution in [3.05, 3.63) is 72.1 Å². The molecule has 138 valence electrons. The number of benzene rings is 2. The van der Waals surface area contributed by atoms with Crippen LogP contribution >= 0.6 is 0 Å². The second-order valence-corrected chi connectivity index (χ2v) is 7.49. The first-order valence-corrected chi connectivity index (χ1v) is 9.53. The van der Waals surface area contributed by atoms with E-state index in [0.717, 1.165) is 48.3 Å². The topological polar surface area (TPSA) is 36.4 Å². The van der Waals surface area contributed by atoms with Gasteiger partial charge in [0.25, 0.3) is 5.91 Å². The highest BCUT2D eigenvalue weighted by Gasteiger charge is 2.26. The number of pyridine rings is 1. The van der Waals surface area contributed by atoms with E-state index in [0.29, 0.717) is 5.92 Å². The van der Waals surface area contributed by atoms with Crippen molar-refractivity contribution in [1.82, 2.24) is 9.88 Å². The van der Waals surface area contributed by atoms with Crippen LogP contribution in [0.4, 0.5) is 5.69 Å². The number of likely N-dealkylation sites (tertiary alicyclic amines) is 1. The smallest absolute Gasteiger partial charge is 0.253 e. The highest BCUT2D eigenvalue weighted by atomic mass is 16.2. The van der Waals surface area contributed by atoms with Crippen LogP contribution in [0.25, 0.3) is 10.8 Å². The molecular weight excluding hydrogens is 334 g/mol. The summed E-state index contributed by atoms with van der Waals surface area (Å²) < 4.78 is 0. The molecule has 4 nitrogen and oxygen atoms in total. The molecule has 1 fully saturated rings. The molecule has 0 aliphatic carbocycles. The van der Waals surface area contributed by atoms with Crippen molar-refractivity contribution in [1.29, 1.82) is 0 Å². The van der Waals surface area contributed by atoms with Crippen LogP contribution in [-0.2, 0) is 0 Å². The van der Waals surface area contributed by atoms with E-state index in [1.54, 1.807) is 0 Å². The molecule has 1 amide bonds. The average molecular weight is 359 g/mol. The molecule has 0 saturated carbocycles. The summed E-state index contributed by atoms with van der Waals surface area (Å²) in [6, 6.07) is 18.3. The minimum absolute atomic E-state index is 0.116. The Morgan fingerprint density at radius 2 is 1.81 bits per heavy atom. The van der Waals surface area contributed by atoms with Crippen molar-refractivity contribution in [2.24, 2.45) is 0 Å². The Labute approximate surface area is 160 Å². The average Bonchev–Trinajstić information content (AvgIpc) is 2.73. The van der Waals surface area contributed by atoms with Crippen LogP contribution in [0.5, 0.6) is 0 Å². The second-order valence-electron chi connectivity index (χ2n) is 7.49. The highest BCUT2D eigenvalue weighted by Crippen LogP contribution is 2.28. The summed E-state index contributed by atoms with van der Waals surface area (Å²) in [4.78, 5) is 21.7. The van der Waals surface area contributed by atoms with Crippen LogP contribution < -0.4 is 4.90 Å². The van der Waals surface area contributed by atoms with Gasteiger partial charge in [0.2, 0.25) is 0 Å². The molecule has 1 atom stereocenters. The van der Waals surface area contributed by atoms with Crippen LogP contribution in [0.3, 0.4) is 0 Å². The maximum atomic E-state index is 13.0. The molecule has 1 aliphatic heterocycles. The molecule has 1 aliphatic rings. The van der Waals surface area contributed by atoms with Gasteiger partial charge in [-0.1, -0.05) is 24.3 Å². The molecule has 0 bridgehead atoms. The standard InChI is InChI=1S/C23H25N3O/c1-25(2)21-11-9-17(10-12-21)23(27)26-13-5-8-20(16-26)22-14-18-6-3-4-7-19(18)15-24-22/h3-4,6-7,9-12,14-15,20H,5,8,13,16H2,1-2H3/t20-/m1/s1. The number of nitrogens with zero attached hydrogens (tertiary/aromatic N) is 3. The zero-order valence-corrected chi connectivity index (χ0v) is 15.9. The van der Waals surface area contributed by atoms with Gasteiger partial charge in [0, 0.05) is 61.6 Å². The lowest BCUT2D eigenvalue weighted by Crippen LogP contribution is -2.39. The van der Waals surface area contributed by atoms with Crippen LogP contribution in [0.2, 0.25) is 0 Å². The molecule has 2 aromatic carbocycles. The van der Waals surface area contributed by atoms with E-state index in [2.05, 4.69) is 29.2 Å². The van der Waals surface area contributed by atoms with E-state index in [1.165, 1.54) is 5.39 Å². The van der Waals surface area contributed by atoms with Crippen LogP contribution in [0.1, 0.15) is 34.8 Å². The van der Waals surface area contributed by atoms with Gasteiger partial charge in [0.05, 0.1) is 0 Å². The van der Waals surface area contributed by atoms with Crippen molar-refractivity contribution < 1.29 is 4.79 Å². The van der Waals surface area contributed by atoms with Crippen LogP contribution in [-0.4, -0.2) is 43.0 Å². The van der Waals surface area contributed by atoms with Crippen molar-refractivity contribution in [2.45, 2.75) is 18.8 Å². The third-order valence-corrected chi connectivity index (χ3v) is 5.41. The summed E-state index contributed by atoms with van der Waals surface area (Å²) >= 11 is 0. The zero-order valence-electron chi connectivity index (χ0n) is 15.9. The second kappa shape index (κ2) is 7.39. The lowest BCUT2D eigenvalue weighted by Gasteiger charge is -2.32. The Bertz CT molecular complexity index is 949. The van der Waals surface area contributed by atoms with Crippen molar-refractivity contribution >= 4 is 22.4 Å². The Hall–Kier alpha value is -2.88. The van der Waals surface area contributed by atoms with Gasteiger partial charge in [0.15, 0.2) is 0 Å². The van der Waals surface area contributed by atoms with Crippen molar-refractivity contribution in [3.63, 3.8) is 0 Å². The molecule has 1 aromatic heterocycles. The first kappa shape index (κ1) is 17.5. The zero-order chi connectivity index (χ0) is 18.8. The normalized spacial score (nSPS) is 17.1. The molecule has 2 heterocycles. The molecule has 3 aromatic rings. The molecule has 0 N–H and O–H groups in total. The molecule has 0 unspecified atom stereocenters. The number of amides is 1. The van der Waals surface area contributed by atoms with E-state index >= 15 is 0 Å². The van der Waals surface area contributed by atoms with Gasteiger partial charge >= 0.3 is 0 Å². The van der Waals surface area contributed by atoms with Gasteiger partial charge in [-0.2, -0.15) is 0 Å². The van der Waals surface area contributed by atoms with Gasteiger partial charge in [0.1, 0.15) is 0 Å². The molecule has 0 radical (unpaired) electrons. The molecule has 0 spiro atoms. The lowest BCUT2D eigenvalue weighted by molar-refractivity contribution is 0.0706. The van der Waals surface area contributed by atoms with Gasteiger partial charge in [-0.25, -0.2) is 0 Å². The summed E-state index contributed by atoms with van der Waals surface area (Å²) in [5.41, 5.74) is 2.95. The SMILES string of the molecule is CN(C)c1ccc(C(=O)N2CCC[C@@H](c3cc4ccccc4cn3)C2)cc1. The summed E-state index contributed by atoms with van der Waals surface area (Å²) in [7, 11) is 4.01. The molecule has 27 heavy (non-hydrogen) atoms. The number of aromatic nitrogens is 1. The number of piperidine rings is 1. The summed E-state index contributed by atoms with van der Waals surface area (Å²) in [6.45, 7) is 1.55. The number of carbonyl (C=O) groups is 1. The number of hydrogen-bond acceptors (Lipinski definition) is 3. The predicted octanol–water partition coefficient (Wildman–Crippen LogP) is 4.32. The summed E-state index contributed by atoms with van der Waals surface area (Å²) in [5.74, 6) is 0.416. The Morgan fingerprint density at radius 3 is 2.56 bits per heavy atom. The Balaban J connectivity index is 1.52. The maximum absolute atomic E-state index is 13.0. The quantitative estimate of drug-likeness (QED) is 0.699. The summed E-state index contributed by atoms with van der Waals surface area (Å²) in [5, 5.41) is 2.37. The van der Waals surface area contributed by atoms with Gasteiger partial charge in [-0.15, -0.1) is 0 Å². The molecule has 1 saturated heterocycles. The third-order valence-electron chi connectivity index (χ3n) is 5.41. The maximum Gasteiger partial charge on any atom is 0.253 e. The first-order valence-electron chi connectivity index (χ1n) is 9.53. The number of fused-ring (bicyclic) bond motifs is 1. The number of hydrogen-bond donors (Lipinski definition) is 0. The fourth-order valence-corrected chi connectivity index (χ4v) is 3.81. The van der Waals surface area contributed by atoms with E-state index in [-0.39, 0.29) is 5.91 Å². The number of anilines is 1. The Morgan fingerprint density at radius 1 is 1.07 bits per heavy atom. The van der Waals surface area contributed by atoms with E-state index in [1.807, 2.05) is 60.4 Å². The third kappa shape index (κ3) is 3.65. The minimum Gasteiger partial charge on any atom is -0.378 e. The number of rotatable bonds is 3. The van der Waals surface area contributed by atoms with Gasteiger partial charge in [-0.05, 0) is 48.6 Å². The van der Waals surface area contributed by atoms with E-state index in [9.17, 15) is 4.79 Å². The monoisotopic (exact) mass is 359 g/mol. The summed E-state index contributed by atoms with van der Waals surface area (Å²) in [6.07, 6.45) is 4.04. The van der Waals surface area contributed by atoms with Crippen LogP contribution in [0, 0.1) is 0 Å². The molecule has 4 rings (SSSR count). The van der Waals surface area contributed by atoms with Crippen molar-refractivity contribution in [3.8, 4) is 0 Å². The van der Waals surface area contributed by atoms with Gasteiger partial charge < -0.3 is 9.80 Å². The van der Waals surface area contributed by atoms with Gasteiger partial charge in [-0.3, -0.25) is 9.78 Å². The largest absolute Gasteiger partial charge is 0.378 e. The first-order chi connectivity index (χ1) is 13.1. The van der Waals surface area contributed by atoms with Crippen LogP contribution in [0.15, 0.2) is 60.8 Å². The molecular formula is C23H25N3O. The van der Waals surface area contributed by atoms with Crippen molar-refractivity contribution in [2.75, 3.05) is 32.1 Å². The van der Waals surface area contributed by atoms with E-state index in [4.69, 9.17) is 0 Å². The fraction of sp³-hybridized carbons (Fsp3) is 0.304. The number of carbonyl (C=O) groups excluding carboxylic acids is 1. The highest BCUT2D eigenvalue weighted by molar-refractivity contribution is 5.94. The predicted molar refractivity (Wildman–Crippen MR) is 110 cm³/mol. The fourth-order valence-electron chi connectivity index (χ4n) is 3.81. The van der Waals surface area contributed by atoms with E-state index < -0.39 is 0 Å². The Kier molecular flexibility index (Phi) is 4.80. The molecule has 4 heteroatoms. The minimum atomic E-state index is 0.116. The lowest BCUT2D eigenvalue weighted by atomic mass is 9.93.